The van der Waals surface area contributed by atoms with Gasteiger partial charge in [0.15, 0.2) is 30.6 Å². The van der Waals surface area contributed by atoms with E-state index >= 15 is 0 Å². The molecule has 2 aromatic rings. The normalized spacial score (nSPS) is 12.9. The number of Topliss-reactive ketones (excluding diaryl/α,β-unsaturated/α-hetero) is 1. The van der Waals surface area contributed by atoms with Crippen LogP contribution in [0.1, 0.15) is 10.4 Å². The van der Waals surface area contributed by atoms with E-state index in [0.29, 0.717) is 17.5 Å². The van der Waals surface area contributed by atoms with E-state index in [-0.39, 0.29) is 23.8 Å². The van der Waals surface area contributed by atoms with Gasteiger partial charge >= 0.3 is 0 Å². The van der Waals surface area contributed by atoms with E-state index < -0.39 is 24.0 Å². The Bertz CT molecular complexity index is 792. The molecule has 5 nitrogen and oxygen atoms in total. The fourth-order valence-electron chi connectivity index (χ4n) is 2.08. The van der Waals surface area contributed by atoms with Crippen molar-refractivity contribution in [1.82, 2.24) is 0 Å². The number of hydrogen-bond donors (Lipinski definition) is 1. The highest BCUT2D eigenvalue weighted by atomic mass is 19.1. The van der Waals surface area contributed by atoms with E-state index in [9.17, 15) is 18.4 Å². The summed E-state index contributed by atoms with van der Waals surface area (Å²) < 4.78 is 36.5. The van der Waals surface area contributed by atoms with Gasteiger partial charge in [-0.1, -0.05) is 0 Å². The number of fused-ring (bicyclic) bond motifs is 1. The van der Waals surface area contributed by atoms with Crippen molar-refractivity contribution in [3.05, 3.63) is 53.6 Å². The lowest BCUT2D eigenvalue weighted by Gasteiger charge is -2.18. The highest BCUT2D eigenvalue weighted by molar-refractivity contribution is 6.01. The molecule has 1 aliphatic heterocycles. The quantitative estimate of drug-likeness (QED) is 0.880. The molecule has 3 rings (SSSR count). The number of nitrogens with one attached hydrogen (secondary N) is 1. The molecule has 0 aromatic heterocycles. The van der Waals surface area contributed by atoms with Gasteiger partial charge in [0.2, 0.25) is 0 Å². The number of hydrogen-bond acceptors (Lipinski definition) is 4. The minimum absolute atomic E-state index is 0.0761. The molecule has 1 heterocycles. The Morgan fingerprint density at radius 2 is 2.04 bits per heavy atom. The number of anilines is 1. The summed E-state index contributed by atoms with van der Waals surface area (Å²) in [6.07, 6.45) is 0. The van der Waals surface area contributed by atoms with E-state index in [1.165, 1.54) is 12.1 Å². The summed E-state index contributed by atoms with van der Waals surface area (Å²) in [5.41, 5.74) is 0.664. The maximum absolute atomic E-state index is 13.4. The Labute approximate surface area is 129 Å². The molecule has 0 radical (unpaired) electrons. The Balaban J connectivity index is 1.71. The largest absolute Gasteiger partial charge is 0.482 e. The zero-order chi connectivity index (χ0) is 16.4. The average molecular weight is 319 g/mol. The van der Waals surface area contributed by atoms with E-state index in [0.717, 1.165) is 12.1 Å². The molecule has 0 spiro atoms. The Kier molecular flexibility index (Phi) is 3.92. The van der Waals surface area contributed by atoms with Crippen LogP contribution in [-0.2, 0) is 4.79 Å². The number of carbonyl (C=O) groups excluding carboxylic acids is 2. The van der Waals surface area contributed by atoms with Crippen LogP contribution in [0.15, 0.2) is 36.4 Å². The molecular formula is C16H11F2NO4. The lowest BCUT2D eigenvalue weighted by molar-refractivity contribution is -0.118. The number of carbonyl (C=O) groups is 2. The van der Waals surface area contributed by atoms with Crippen LogP contribution in [0.4, 0.5) is 14.5 Å². The van der Waals surface area contributed by atoms with Crippen molar-refractivity contribution in [2.45, 2.75) is 0 Å². The first-order valence-corrected chi connectivity index (χ1v) is 6.70. The lowest BCUT2D eigenvalue weighted by atomic mass is 10.1. The van der Waals surface area contributed by atoms with Gasteiger partial charge in [0.25, 0.3) is 5.91 Å². The SMILES string of the molecule is O=C1COc2ccc(C(=O)COc3ccc(F)cc3F)cc2N1. The summed E-state index contributed by atoms with van der Waals surface area (Å²) in [5.74, 6) is -2.10. The van der Waals surface area contributed by atoms with Gasteiger partial charge < -0.3 is 14.8 Å². The summed E-state index contributed by atoms with van der Waals surface area (Å²) >= 11 is 0. The minimum Gasteiger partial charge on any atom is -0.482 e. The fraction of sp³-hybridized carbons (Fsp3) is 0.125. The number of amides is 1. The van der Waals surface area contributed by atoms with Crippen molar-refractivity contribution in [3.8, 4) is 11.5 Å². The van der Waals surface area contributed by atoms with Crippen LogP contribution >= 0.6 is 0 Å². The Hall–Kier alpha value is -2.96. The standard InChI is InChI=1S/C16H11F2NO4/c17-10-2-4-14(11(18)6-10)22-7-13(20)9-1-3-15-12(5-9)19-16(21)8-23-15/h1-6H,7-8H2,(H,19,21). The van der Waals surface area contributed by atoms with Crippen LogP contribution in [-0.4, -0.2) is 24.9 Å². The lowest BCUT2D eigenvalue weighted by Crippen LogP contribution is -2.25. The van der Waals surface area contributed by atoms with Gasteiger partial charge in [0.05, 0.1) is 5.69 Å². The van der Waals surface area contributed by atoms with Gasteiger partial charge in [-0.3, -0.25) is 9.59 Å². The van der Waals surface area contributed by atoms with Gasteiger partial charge in [-0.05, 0) is 30.3 Å². The topological polar surface area (TPSA) is 64.6 Å². The molecule has 0 bridgehead atoms. The predicted molar refractivity (Wildman–Crippen MR) is 76.8 cm³/mol. The second kappa shape index (κ2) is 6.04. The summed E-state index contributed by atoms with van der Waals surface area (Å²) in [7, 11) is 0. The average Bonchev–Trinajstić information content (AvgIpc) is 2.53. The third-order valence-electron chi connectivity index (χ3n) is 3.19. The Morgan fingerprint density at radius 1 is 1.22 bits per heavy atom. The zero-order valence-corrected chi connectivity index (χ0v) is 11.8. The molecule has 2 aromatic carbocycles. The first-order valence-electron chi connectivity index (χ1n) is 6.70. The predicted octanol–water partition coefficient (Wildman–Crippen LogP) is 2.56. The highest BCUT2D eigenvalue weighted by Crippen LogP contribution is 2.28. The molecule has 118 valence electrons. The van der Waals surface area contributed by atoms with Crippen LogP contribution < -0.4 is 14.8 Å². The molecule has 1 aliphatic rings. The van der Waals surface area contributed by atoms with Crippen LogP contribution in [0.5, 0.6) is 11.5 Å². The maximum Gasteiger partial charge on any atom is 0.262 e. The first kappa shape index (κ1) is 15.0. The molecule has 0 saturated carbocycles. The van der Waals surface area contributed by atoms with E-state index in [1.807, 2.05) is 0 Å². The molecule has 0 atom stereocenters. The monoisotopic (exact) mass is 319 g/mol. The van der Waals surface area contributed by atoms with Crippen molar-refractivity contribution in [2.75, 3.05) is 18.5 Å². The summed E-state index contributed by atoms with van der Waals surface area (Å²) in [6.45, 7) is -0.497. The van der Waals surface area contributed by atoms with Crippen molar-refractivity contribution >= 4 is 17.4 Å². The van der Waals surface area contributed by atoms with Crippen molar-refractivity contribution < 1.29 is 27.8 Å². The van der Waals surface area contributed by atoms with Crippen LogP contribution in [0.3, 0.4) is 0 Å². The van der Waals surface area contributed by atoms with Crippen LogP contribution in [0.2, 0.25) is 0 Å². The minimum atomic E-state index is -0.885. The molecule has 0 aliphatic carbocycles. The first-order chi connectivity index (χ1) is 11.0. The molecular weight excluding hydrogens is 308 g/mol. The van der Waals surface area contributed by atoms with Crippen LogP contribution in [0, 0.1) is 11.6 Å². The number of rotatable bonds is 4. The van der Waals surface area contributed by atoms with E-state index in [4.69, 9.17) is 9.47 Å². The van der Waals surface area contributed by atoms with Crippen molar-refractivity contribution in [2.24, 2.45) is 0 Å². The summed E-state index contributed by atoms with van der Waals surface area (Å²) in [4.78, 5) is 23.4. The van der Waals surface area contributed by atoms with Crippen molar-refractivity contribution in [1.29, 1.82) is 0 Å². The molecule has 1 amide bonds. The zero-order valence-electron chi connectivity index (χ0n) is 11.8. The van der Waals surface area contributed by atoms with Gasteiger partial charge in [0, 0.05) is 11.6 Å². The number of benzene rings is 2. The fourth-order valence-corrected chi connectivity index (χ4v) is 2.08. The van der Waals surface area contributed by atoms with Crippen LogP contribution in [0.25, 0.3) is 0 Å². The molecule has 0 saturated heterocycles. The van der Waals surface area contributed by atoms with Crippen molar-refractivity contribution in [3.63, 3.8) is 0 Å². The summed E-state index contributed by atoms with van der Waals surface area (Å²) in [5, 5.41) is 2.59. The smallest absolute Gasteiger partial charge is 0.262 e. The second-order valence-corrected chi connectivity index (χ2v) is 4.83. The summed E-state index contributed by atoms with van der Waals surface area (Å²) in [6, 6.07) is 7.35. The number of ketones is 1. The molecule has 1 N–H and O–H groups in total. The molecule has 0 fully saturated rings. The van der Waals surface area contributed by atoms with E-state index in [2.05, 4.69) is 5.32 Å². The van der Waals surface area contributed by atoms with Gasteiger partial charge in [-0.15, -0.1) is 0 Å². The van der Waals surface area contributed by atoms with Gasteiger partial charge in [-0.25, -0.2) is 8.78 Å². The maximum atomic E-state index is 13.4. The molecule has 0 unspecified atom stereocenters. The van der Waals surface area contributed by atoms with Gasteiger partial charge in [-0.2, -0.15) is 0 Å². The molecule has 23 heavy (non-hydrogen) atoms. The number of ether oxygens (including phenoxy) is 2. The number of halogens is 2. The highest BCUT2D eigenvalue weighted by Gasteiger charge is 2.18. The third kappa shape index (κ3) is 3.28. The van der Waals surface area contributed by atoms with E-state index in [1.54, 1.807) is 6.07 Å². The Morgan fingerprint density at radius 3 is 2.83 bits per heavy atom. The van der Waals surface area contributed by atoms with Gasteiger partial charge in [0.1, 0.15) is 11.6 Å². The molecule has 7 heteroatoms. The third-order valence-corrected chi connectivity index (χ3v) is 3.19. The second-order valence-electron chi connectivity index (χ2n) is 4.83.